The normalized spacial score (nSPS) is 23.7. The van der Waals surface area contributed by atoms with Gasteiger partial charge in [-0.25, -0.2) is 0 Å². The van der Waals surface area contributed by atoms with Gasteiger partial charge < -0.3 is 65.1 Å². The van der Waals surface area contributed by atoms with E-state index in [0.29, 0.717) is 12.8 Å². The Bertz CT molecular complexity index is 1910. The maximum Gasteiger partial charge on any atom is 0.220 e. The summed E-state index contributed by atoms with van der Waals surface area (Å²) in [6.45, 7) is 2.67. The van der Waals surface area contributed by atoms with Crippen LogP contribution in [0.15, 0.2) is 109 Å². The van der Waals surface area contributed by atoms with Crippen LogP contribution in [0.4, 0.5) is 0 Å². The molecule has 2 heterocycles. The van der Waals surface area contributed by atoms with Gasteiger partial charge in [-0.05, 0) is 96.3 Å². The molecule has 12 unspecified atom stereocenters. The van der Waals surface area contributed by atoms with Crippen LogP contribution in [-0.2, 0) is 23.7 Å². The van der Waals surface area contributed by atoms with Crippen molar-refractivity contribution in [2.24, 2.45) is 0 Å². The molecule has 89 heavy (non-hydrogen) atoms. The van der Waals surface area contributed by atoms with Gasteiger partial charge in [0.25, 0.3) is 0 Å². The lowest BCUT2D eigenvalue weighted by Gasteiger charge is -2.46. The van der Waals surface area contributed by atoms with Crippen LogP contribution >= 0.6 is 0 Å². The van der Waals surface area contributed by atoms with Gasteiger partial charge in [0.1, 0.15) is 48.8 Å². The standard InChI is InChI=1S/C75H129NO13/c1-3-5-7-9-11-13-15-17-19-21-23-25-27-29-31-33-34-36-38-40-42-44-46-48-50-52-54-56-58-64(79)63(62-86-74-72(85)70(83)73(66(61-78)88-74)89-75-71(84)69(82)68(81)65(60-77)87-75)76-67(80)59-57-55-53-51-49-47-45-43-41-39-37-35-32-30-28-26-24-22-20-18-16-14-12-10-8-6-4-2/h6,8,12,14,18,20,24,26,30,32,37,39-40,42,48,50,56,58,63-66,68-75,77-79,81-85H,3-5,7,9-11,13,15-17,19,21-23,25,27-29,31,33-36,38,41,43-47,49,51-55,57,59-62H2,1-2H3,(H,76,80)/b8-6-,14-12-,20-18-,26-24-,32-30-,39-37-,42-40+,50-48+,58-56+. The van der Waals surface area contributed by atoms with E-state index >= 15 is 0 Å². The second kappa shape index (κ2) is 58.5. The van der Waals surface area contributed by atoms with E-state index in [-0.39, 0.29) is 18.9 Å². The number of carbonyl (C=O) groups is 1. The van der Waals surface area contributed by atoms with Gasteiger partial charge >= 0.3 is 0 Å². The number of nitrogens with one attached hydrogen (secondary N) is 1. The van der Waals surface area contributed by atoms with Gasteiger partial charge in [0.15, 0.2) is 12.6 Å². The van der Waals surface area contributed by atoms with Gasteiger partial charge in [0.05, 0.1) is 32.0 Å². The first kappa shape index (κ1) is 81.7. The van der Waals surface area contributed by atoms with Crippen LogP contribution in [0, 0.1) is 0 Å². The van der Waals surface area contributed by atoms with Crippen LogP contribution in [0.3, 0.4) is 0 Å². The van der Waals surface area contributed by atoms with E-state index < -0.39 is 86.8 Å². The molecule has 9 N–H and O–H groups in total. The fraction of sp³-hybridized carbons (Fsp3) is 0.747. The Morgan fingerprint density at radius 2 is 0.787 bits per heavy atom. The molecule has 0 aromatic carbocycles. The average Bonchev–Trinajstić information content (AvgIpc) is 2.75. The summed E-state index contributed by atoms with van der Waals surface area (Å²) in [5.74, 6) is -0.265. The van der Waals surface area contributed by atoms with E-state index in [0.717, 1.165) is 96.3 Å². The number of carbonyl (C=O) groups excluding carboxylic acids is 1. The third kappa shape index (κ3) is 42.5. The zero-order valence-corrected chi connectivity index (χ0v) is 55.6. The predicted octanol–water partition coefficient (Wildman–Crippen LogP) is 14.7. The van der Waals surface area contributed by atoms with E-state index in [4.69, 9.17) is 18.9 Å². The van der Waals surface area contributed by atoms with Crippen LogP contribution in [0.5, 0.6) is 0 Å². The SMILES string of the molecule is CC/C=C\C/C=C\C/C=C\C/C=C\C/C=C\C/C=C\CCCCCCCCCCC(=O)NC(COC1OC(CO)C(OC2OC(CO)C(O)C(O)C2O)C(O)C1O)C(O)/C=C/CC/C=C/CC/C=C/CCCCCCCCCCCCCCCCCCCC. The van der Waals surface area contributed by atoms with Crippen molar-refractivity contribution in [2.75, 3.05) is 19.8 Å². The Balaban J connectivity index is 1.72. The molecule has 14 heteroatoms. The second-order valence-corrected chi connectivity index (χ2v) is 24.6. The number of aliphatic hydroxyl groups is 8. The summed E-state index contributed by atoms with van der Waals surface area (Å²) in [5.41, 5.74) is 0. The first-order valence-electron chi connectivity index (χ1n) is 35.6. The number of amides is 1. The fourth-order valence-corrected chi connectivity index (χ4v) is 11.0. The molecule has 0 bridgehead atoms. The highest BCUT2D eigenvalue weighted by molar-refractivity contribution is 5.76. The number of rotatable bonds is 57. The van der Waals surface area contributed by atoms with Crippen LogP contribution < -0.4 is 5.32 Å². The Hall–Kier alpha value is -3.35. The van der Waals surface area contributed by atoms with Crippen molar-refractivity contribution in [3.8, 4) is 0 Å². The molecule has 2 fully saturated rings. The molecule has 12 atom stereocenters. The number of hydrogen-bond donors (Lipinski definition) is 9. The molecular formula is C75H129NO13. The lowest BCUT2D eigenvalue weighted by atomic mass is 9.97. The Kier molecular flexibility index (Phi) is 53.7. The Morgan fingerprint density at radius 3 is 1.24 bits per heavy atom. The zero-order chi connectivity index (χ0) is 64.5. The van der Waals surface area contributed by atoms with Gasteiger partial charge in [-0.1, -0.05) is 271 Å². The highest BCUT2D eigenvalue weighted by atomic mass is 16.7. The molecule has 1 amide bonds. The molecule has 0 aromatic heterocycles. The first-order valence-corrected chi connectivity index (χ1v) is 35.6. The van der Waals surface area contributed by atoms with Crippen LogP contribution in [0.25, 0.3) is 0 Å². The summed E-state index contributed by atoms with van der Waals surface area (Å²) in [5, 5.41) is 87.4. The molecule has 2 saturated heterocycles. The monoisotopic (exact) mass is 1250 g/mol. The maximum absolute atomic E-state index is 13.3. The highest BCUT2D eigenvalue weighted by Crippen LogP contribution is 2.30. The number of unbranched alkanes of at least 4 members (excludes halogenated alkanes) is 28. The van der Waals surface area contributed by atoms with Crippen molar-refractivity contribution < 1.29 is 64.6 Å². The molecule has 0 aromatic rings. The fourth-order valence-electron chi connectivity index (χ4n) is 11.0. The van der Waals surface area contributed by atoms with Gasteiger partial charge in [-0.2, -0.15) is 0 Å². The summed E-state index contributed by atoms with van der Waals surface area (Å²) in [6.07, 6.45) is 67.1. The lowest BCUT2D eigenvalue weighted by Crippen LogP contribution is -2.65. The minimum atomic E-state index is -1.80. The molecule has 0 aliphatic carbocycles. The second-order valence-electron chi connectivity index (χ2n) is 24.6. The van der Waals surface area contributed by atoms with Crippen LogP contribution in [0.1, 0.15) is 264 Å². The zero-order valence-electron chi connectivity index (χ0n) is 55.6. The molecule has 14 nitrogen and oxygen atoms in total. The maximum atomic E-state index is 13.3. The van der Waals surface area contributed by atoms with Gasteiger partial charge in [-0.15, -0.1) is 0 Å². The van der Waals surface area contributed by atoms with Gasteiger partial charge in [0.2, 0.25) is 5.91 Å². The summed E-state index contributed by atoms with van der Waals surface area (Å²) in [6, 6.07) is -0.952. The minimum Gasteiger partial charge on any atom is -0.394 e. The third-order valence-corrected chi connectivity index (χ3v) is 16.7. The number of allylic oxidation sites excluding steroid dienone is 17. The number of ether oxygens (including phenoxy) is 4. The lowest BCUT2D eigenvalue weighted by molar-refractivity contribution is -0.359. The van der Waals surface area contributed by atoms with E-state index in [1.54, 1.807) is 6.08 Å². The molecule has 2 aliphatic heterocycles. The number of aliphatic hydroxyl groups excluding tert-OH is 8. The Morgan fingerprint density at radius 1 is 0.416 bits per heavy atom. The highest BCUT2D eigenvalue weighted by Gasteiger charge is 2.51. The molecule has 2 aliphatic rings. The third-order valence-electron chi connectivity index (χ3n) is 16.7. The molecule has 2 rings (SSSR count). The molecule has 0 radical (unpaired) electrons. The van der Waals surface area contributed by atoms with Crippen molar-refractivity contribution in [1.29, 1.82) is 0 Å². The topological polar surface area (TPSA) is 228 Å². The van der Waals surface area contributed by atoms with Crippen LogP contribution in [-0.4, -0.2) is 140 Å². The van der Waals surface area contributed by atoms with Crippen molar-refractivity contribution in [2.45, 2.75) is 338 Å². The smallest absolute Gasteiger partial charge is 0.220 e. The summed E-state index contributed by atoms with van der Waals surface area (Å²) >= 11 is 0. The van der Waals surface area contributed by atoms with Crippen molar-refractivity contribution in [1.82, 2.24) is 5.32 Å². The summed E-state index contributed by atoms with van der Waals surface area (Å²) in [7, 11) is 0. The van der Waals surface area contributed by atoms with Gasteiger partial charge in [-0.3, -0.25) is 4.79 Å². The van der Waals surface area contributed by atoms with E-state index in [2.05, 4.69) is 116 Å². The largest absolute Gasteiger partial charge is 0.394 e. The molecule has 0 spiro atoms. The summed E-state index contributed by atoms with van der Waals surface area (Å²) in [4.78, 5) is 13.3. The van der Waals surface area contributed by atoms with Crippen molar-refractivity contribution in [3.63, 3.8) is 0 Å². The summed E-state index contributed by atoms with van der Waals surface area (Å²) < 4.78 is 22.8. The van der Waals surface area contributed by atoms with Crippen LogP contribution in [0.2, 0.25) is 0 Å². The number of hydrogen-bond acceptors (Lipinski definition) is 13. The van der Waals surface area contributed by atoms with Gasteiger partial charge in [0, 0.05) is 6.42 Å². The van der Waals surface area contributed by atoms with Crippen molar-refractivity contribution in [3.05, 3.63) is 109 Å². The predicted molar refractivity (Wildman–Crippen MR) is 364 cm³/mol. The average molecular weight is 1250 g/mol. The molecule has 0 saturated carbocycles. The Labute approximate surface area is 540 Å². The molecule has 512 valence electrons. The first-order chi connectivity index (χ1) is 43.6. The quantitative estimate of drug-likeness (QED) is 0.0204. The van der Waals surface area contributed by atoms with Crippen molar-refractivity contribution >= 4 is 5.91 Å². The molecular weight excluding hydrogens is 1120 g/mol. The van der Waals surface area contributed by atoms with E-state index in [1.807, 2.05) is 6.08 Å². The van der Waals surface area contributed by atoms with E-state index in [1.165, 1.54) is 135 Å². The minimum absolute atomic E-state index is 0.253. The van der Waals surface area contributed by atoms with E-state index in [9.17, 15) is 45.6 Å².